The molecule has 0 bridgehead atoms. The second kappa shape index (κ2) is 10.1. The molecule has 12 heteroatoms. The fourth-order valence-electron chi connectivity index (χ4n) is 2.60. The van der Waals surface area contributed by atoms with E-state index in [9.17, 15) is 18.0 Å². The van der Waals surface area contributed by atoms with Crippen molar-refractivity contribution in [3.63, 3.8) is 0 Å². The lowest BCUT2D eigenvalue weighted by Crippen LogP contribution is -2.17. The Morgan fingerprint density at radius 3 is 2.56 bits per heavy atom. The number of benzene rings is 2. The molecule has 0 fully saturated rings. The average Bonchev–Trinajstić information content (AvgIpc) is 3.16. The number of halogens is 2. The molecule has 0 saturated carbocycles. The third-order valence-corrected chi connectivity index (χ3v) is 6.82. The summed E-state index contributed by atoms with van der Waals surface area (Å²) < 4.78 is 42.9. The molecule has 0 aliphatic heterocycles. The van der Waals surface area contributed by atoms with Crippen LogP contribution in [0.25, 0.3) is 28.7 Å². The van der Waals surface area contributed by atoms with Gasteiger partial charge in [0.05, 0.1) is 9.92 Å². The van der Waals surface area contributed by atoms with Crippen LogP contribution in [0.5, 0.6) is 0 Å². The summed E-state index contributed by atoms with van der Waals surface area (Å²) in [6.07, 6.45) is 3.38. The van der Waals surface area contributed by atoms with E-state index in [1.807, 2.05) is 0 Å². The quantitative estimate of drug-likeness (QED) is 0.357. The van der Waals surface area contributed by atoms with Crippen molar-refractivity contribution in [2.75, 3.05) is 12.8 Å². The second-order valence-electron chi connectivity index (χ2n) is 6.43. The Morgan fingerprint density at radius 1 is 1.31 bits per heavy atom. The van der Waals surface area contributed by atoms with Crippen LogP contribution >= 0.6 is 35.6 Å². The Labute approximate surface area is 198 Å². The molecule has 2 aromatic carbocycles. The maximum absolute atomic E-state index is 13.6. The SMILES string of the molecule is CN(O)C(=S)SCC=Cc1nc(-c2ccc(F)c(Cl)c2)c(-c2ccc(S(N)(=O)=O)cc2)o1. The second-order valence-corrected chi connectivity index (χ2v) is 10.1. The van der Waals surface area contributed by atoms with Crippen LogP contribution in [-0.2, 0) is 10.0 Å². The highest BCUT2D eigenvalue weighted by Crippen LogP contribution is 2.35. The van der Waals surface area contributed by atoms with Crippen LogP contribution in [-0.4, -0.2) is 40.8 Å². The first-order valence-corrected chi connectivity index (χ1v) is 12.2. The Kier molecular flexibility index (Phi) is 7.70. The summed E-state index contributed by atoms with van der Waals surface area (Å²) >= 11 is 12.2. The van der Waals surface area contributed by atoms with Gasteiger partial charge in [0.2, 0.25) is 15.9 Å². The third-order valence-electron chi connectivity index (χ3n) is 4.11. The van der Waals surface area contributed by atoms with E-state index >= 15 is 0 Å². The average molecular weight is 514 g/mol. The van der Waals surface area contributed by atoms with Crippen molar-refractivity contribution in [1.29, 1.82) is 0 Å². The van der Waals surface area contributed by atoms with Crippen LogP contribution in [0, 0.1) is 5.82 Å². The van der Waals surface area contributed by atoms with Gasteiger partial charge in [0.25, 0.3) is 0 Å². The van der Waals surface area contributed by atoms with Gasteiger partial charge in [0, 0.05) is 23.9 Å². The number of oxazole rings is 1. The van der Waals surface area contributed by atoms with Gasteiger partial charge in [-0.25, -0.2) is 28.0 Å². The van der Waals surface area contributed by atoms with E-state index in [2.05, 4.69) is 4.98 Å². The minimum absolute atomic E-state index is 0.0471. The van der Waals surface area contributed by atoms with Crippen LogP contribution in [0.1, 0.15) is 5.89 Å². The molecule has 0 saturated heterocycles. The molecular formula is C20H17ClFN3O4S3. The van der Waals surface area contributed by atoms with E-state index in [0.29, 0.717) is 32.7 Å². The van der Waals surface area contributed by atoms with Gasteiger partial charge < -0.3 is 4.42 Å². The molecule has 3 aromatic rings. The molecule has 0 radical (unpaired) electrons. The molecule has 1 aromatic heterocycles. The summed E-state index contributed by atoms with van der Waals surface area (Å²) in [6.45, 7) is 0. The fraction of sp³-hybridized carbons (Fsp3) is 0.100. The molecule has 32 heavy (non-hydrogen) atoms. The standard InChI is InChI=1S/C20H17ClFN3O4S3/c1-25(26)20(30)31-10-2-3-17-24-18(13-6-9-16(22)15(21)11-13)19(29-17)12-4-7-14(8-5-12)32(23,27)28/h2-9,11,26H,10H2,1H3,(H2,23,27,28). The Morgan fingerprint density at radius 2 is 1.97 bits per heavy atom. The van der Waals surface area contributed by atoms with Crippen molar-refractivity contribution < 1.29 is 22.4 Å². The van der Waals surface area contributed by atoms with Gasteiger partial charge in [-0.15, -0.1) is 0 Å². The fourth-order valence-corrected chi connectivity index (χ4v) is 4.02. The van der Waals surface area contributed by atoms with Gasteiger partial charge >= 0.3 is 0 Å². The number of nitrogens with zero attached hydrogens (tertiary/aromatic N) is 2. The lowest BCUT2D eigenvalue weighted by molar-refractivity contribution is 0.0205. The molecule has 1 heterocycles. The Bertz CT molecular complexity index is 1280. The zero-order valence-electron chi connectivity index (χ0n) is 16.5. The third kappa shape index (κ3) is 5.94. The number of hydrogen-bond donors (Lipinski definition) is 2. The number of sulfonamides is 1. The minimum atomic E-state index is -3.85. The largest absolute Gasteiger partial charge is 0.436 e. The molecular weight excluding hydrogens is 497 g/mol. The smallest absolute Gasteiger partial charge is 0.238 e. The summed E-state index contributed by atoms with van der Waals surface area (Å²) in [7, 11) is -2.42. The Hall–Kier alpha value is -2.28. The van der Waals surface area contributed by atoms with Gasteiger partial charge in [-0.2, -0.15) is 0 Å². The maximum Gasteiger partial charge on any atom is 0.238 e. The van der Waals surface area contributed by atoms with Crippen LogP contribution < -0.4 is 5.14 Å². The summed E-state index contributed by atoms with van der Waals surface area (Å²) in [5.74, 6) is 0.490. The van der Waals surface area contributed by atoms with Gasteiger partial charge in [-0.3, -0.25) is 5.21 Å². The highest BCUT2D eigenvalue weighted by molar-refractivity contribution is 8.22. The molecule has 0 spiro atoms. The monoisotopic (exact) mass is 513 g/mol. The molecule has 3 N–H and O–H groups in total. The number of thiocarbonyl (C=S) groups is 1. The predicted molar refractivity (Wildman–Crippen MR) is 127 cm³/mol. The molecule has 0 aliphatic carbocycles. The normalized spacial score (nSPS) is 11.8. The number of primary sulfonamides is 1. The molecule has 0 amide bonds. The van der Waals surface area contributed by atoms with Crippen molar-refractivity contribution in [3.8, 4) is 22.6 Å². The van der Waals surface area contributed by atoms with Crippen molar-refractivity contribution in [2.45, 2.75) is 4.90 Å². The van der Waals surface area contributed by atoms with Crippen molar-refractivity contribution in [1.82, 2.24) is 10.0 Å². The van der Waals surface area contributed by atoms with E-state index in [-0.39, 0.29) is 15.8 Å². The highest BCUT2D eigenvalue weighted by atomic mass is 35.5. The first-order chi connectivity index (χ1) is 15.1. The zero-order chi connectivity index (χ0) is 23.5. The van der Waals surface area contributed by atoms with E-state index in [0.717, 1.165) is 5.06 Å². The van der Waals surface area contributed by atoms with Crippen LogP contribution in [0.15, 0.2) is 57.9 Å². The summed E-state index contributed by atoms with van der Waals surface area (Å²) in [4.78, 5) is 4.42. The maximum atomic E-state index is 13.6. The van der Waals surface area contributed by atoms with Crippen molar-refractivity contribution >= 4 is 56.0 Å². The molecule has 168 valence electrons. The summed E-state index contributed by atoms with van der Waals surface area (Å²) in [6, 6.07) is 9.94. The first-order valence-electron chi connectivity index (χ1n) is 8.91. The molecule has 0 aliphatic rings. The zero-order valence-corrected chi connectivity index (χ0v) is 19.7. The van der Waals surface area contributed by atoms with Gasteiger partial charge in [-0.05, 0) is 48.5 Å². The molecule has 0 atom stereocenters. The first kappa shape index (κ1) is 24.4. The highest BCUT2D eigenvalue weighted by Gasteiger charge is 2.18. The Balaban J connectivity index is 1.98. The lowest BCUT2D eigenvalue weighted by Gasteiger charge is -2.08. The van der Waals surface area contributed by atoms with Crippen molar-refractivity contribution in [3.05, 3.63) is 65.3 Å². The van der Waals surface area contributed by atoms with Crippen LogP contribution in [0.4, 0.5) is 4.39 Å². The number of aromatic nitrogens is 1. The molecule has 7 nitrogen and oxygen atoms in total. The topological polar surface area (TPSA) is 110 Å². The predicted octanol–water partition coefficient (Wildman–Crippen LogP) is 4.80. The van der Waals surface area contributed by atoms with E-state index in [1.54, 1.807) is 12.2 Å². The van der Waals surface area contributed by atoms with E-state index < -0.39 is 15.8 Å². The number of hydroxylamine groups is 2. The minimum Gasteiger partial charge on any atom is -0.436 e. The number of nitrogens with two attached hydrogens (primary N) is 1. The van der Waals surface area contributed by atoms with Gasteiger partial charge in [0.1, 0.15) is 11.5 Å². The van der Waals surface area contributed by atoms with Crippen LogP contribution in [0.2, 0.25) is 5.02 Å². The van der Waals surface area contributed by atoms with E-state index in [4.69, 9.17) is 33.4 Å². The number of hydrogen-bond acceptors (Lipinski definition) is 7. The summed E-state index contributed by atoms with van der Waals surface area (Å²) in [5, 5.41) is 15.2. The van der Waals surface area contributed by atoms with Gasteiger partial charge in [-0.1, -0.05) is 41.7 Å². The molecule has 0 unspecified atom stereocenters. The van der Waals surface area contributed by atoms with Crippen molar-refractivity contribution in [2.24, 2.45) is 5.14 Å². The van der Waals surface area contributed by atoms with E-state index in [1.165, 1.54) is 61.3 Å². The number of thioether (sulfide) groups is 1. The van der Waals surface area contributed by atoms with Crippen LogP contribution in [0.3, 0.4) is 0 Å². The summed E-state index contributed by atoms with van der Waals surface area (Å²) in [5.41, 5.74) is 1.45. The lowest BCUT2D eigenvalue weighted by atomic mass is 10.1. The number of rotatable bonds is 6. The van der Waals surface area contributed by atoms with Gasteiger partial charge in [0.15, 0.2) is 10.1 Å². The molecule has 3 rings (SSSR count).